The van der Waals surface area contributed by atoms with Gasteiger partial charge in [0.15, 0.2) is 0 Å². The fourth-order valence-corrected chi connectivity index (χ4v) is 1.74. The molecule has 0 spiro atoms. The number of hydrogen-bond acceptors (Lipinski definition) is 3. The van der Waals surface area contributed by atoms with E-state index in [9.17, 15) is 0 Å². The monoisotopic (exact) mass is 185 g/mol. The van der Waals surface area contributed by atoms with Crippen LogP contribution in [0.5, 0.6) is 0 Å². The highest BCUT2D eigenvalue weighted by molar-refractivity contribution is 4.83. The molecule has 76 valence electrons. The predicted octanol–water partition coefficient (Wildman–Crippen LogP) is 1.14. The Bertz CT molecular complexity index is 153. The molecule has 2 rings (SSSR count). The Morgan fingerprint density at radius 2 is 2.23 bits per heavy atom. The average molecular weight is 185 g/mol. The fraction of sp³-hybridized carbons (Fsp3) is 1.00. The summed E-state index contributed by atoms with van der Waals surface area (Å²) in [6.07, 6.45) is 4.21. The van der Waals surface area contributed by atoms with Crippen LogP contribution in [0.1, 0.15) is 26.2 Å². The summed E-state index contributed by atoms with van der Waals surface area (Å²) in [4.78, 5) is 0. The number of nitrogens with one attached hydrogen (secondary N) is 1. The lowest BCUT2D eigenvalue weighted by atomic mass is 10.2. The lowest BCUT2D eigenvalue weighted by molar-refractivity contribution is -0.137. The standard InChI is InChI=1S/C10H19NO2/c1-8(9-2-3-9)11-6-10-4-5-12-7-13-10/h8-11H,2-7H2,1H3. The summed E-state index contributed by atoms with van der Waals surface area (Å²) >= 11 is 0. The largest absolute Gasteiger partial charge is 0.355 e. The Balaban J connectivity index is 1.60. The molecule has 0 amide bonds. The van der Waals surface area contributed by atoms with E-state index in [0.717, 1.165) is 25.5 Å². The van der Waals surface area contributed by atoms with Gasteiger partial charge in [0.1, 0.15) is 6.79 Å². The maximum absolute atomic E-state index is 5.44. The molecule has 1 saturated carbocycles. The van der Waals surface area contributed by atoms with E-state index in [2.05, 4.69) is 12.2 Å². The van der Waals surface area contributed by atoms with Crippen molar-refractivity contribution in [3.63, 3.8) is 0 Å². The van der Waals surface area contributed by atoms with Crippen molar-refractivity contribution in [2.24, 2.45) is 5.92 Å². The highest BCUT2D eigenvalue weighted by Gasteiger charge is 2.28. The third-order valence-corrected chi connectivity index (χ3v) is 2.97. The summed E-state index contributed by atoms with van der Waals surface area (Å²) in [5, 5.41) is 3.53. The molecule has 0 aromatic heterocycles. The first-order valence-electron chi connectivity index (χ1n) is 5.29. The van der Waals surface area contributed by atoms with Crippen molar-refractivity contribution in [1.82, 2.24) is 5.32 Å². The van der Waals surface area contributed by atoms with Gasteiger partial charge in [-0.1, -0.05) is 0 Å². The van der Waals surface area contributed by atoms with Gasteiger partial charge >= 0.3 is 0 Å². The summed E-state index contributed by atoms with van der Waals surface area (Å²) in [6.45, 7) is 4.59. The summed E-state index contributed by atoms with van der Waals surface area (Å²) in [5.74, 6) is 0.930. The van der Waals surface area contributed by atoms with Gasteiger partial charge in [-0.3, -0.25) is 0 Å². The second kappa shape index (κ2) is 4.40. The van der Waals surface area contributed by atoms with Crippen molar-refractivity contribution >= 4 is 0 Å². The molecule has 3 heteroatoms. The number of ether oxygens (including phenoxy) is 2. The molecular weight excluding hydrogens is 166 g/mol. The molecule has 2 atom stereocenters. The van der Waals surface area contributed by atoms with Crippen LogP contribution >= 0.6 is 0 Å². The first-order chi connectivity index (χ1) is 6.36. The summed E-state index contributed by atoms with van der Waals surface area (Å²) in [5.41, 5.74) is 0. The normalized spacial score (nSPS) is 31.6. The molecule has 3 nitrogen and oxygen atoms in total. The Morgan fingerprint density at radius 1 is 1.38 bits per heavy atom. The van der Waals surface area contributed by atoms with Gasteiger partial charge in [0, 0.05) is 12.6 Å². The summed E-state index contributed by atoms with van der Waals surface area (Å²) < 4.78 is 10.6. The van der Waals surface area contributed by atoms with Gasteiger partial charge < -0.3 is 14.8 Å². The van der Waals surface area contributed by atoms with Crippen LogP contribution in [-0.4, -0.2) is 32.1 Å². The van der Waals surface area contributed by atoms with Gasteiger partial charge in [0.25, 0.3) is 0 Å². The van der Waals surface area contributed by atoms with E-state index in [1.54, 1.807) is 0 Å². The van der Waals surface area contributed by atoms with Gasteiger partial charge in [0.2, 0.25) is 0 Å². The lowest BCUT2D eigenvalue weighted by Crippen LogP contribution is -2.38. The fourth-order valence-electron chi connectivity index (χ4n) is 1.74. The smallest absolute Gasteiger partial charge is 0.147 e. The summed E-state index contributed by atoms with van der Waals surface area (Å²) in [6, 6.07) is 0.673. The van der Waals surface area contributed by atoms with Gasteiger partial charge in [-0.05, 0) is 32.1 Å². The van der Waals surface area contributed by atoms with E-state index in [4.69, 9.17) is 9.47 Å². The van der Waals surface area contributed by atoms with E-state index in [1.807, 2.05) is 0 Å². The van der Waals surface area contributed by atoms with Crippen LogP contribution in [-0.2, 0) is 9.47 Å². The van der Waals surface area contributed by atoms with E-state index >= 15 is 0 Å². The molecule has 1 aliphatic carbocycles. The zero-order valence-electron chi connectivity index (χ0n) is 8.29. The molecule has 0 aromatic carbocycles. The van der Waals surface area contributed by atoms with Gasteiger partial charge in [-0.25, -0.2) is 0 Å². The molecule has 1 N–H and O–H groups in total. The van der Waals surface area contributed by atoms with Crippen LogP contribution in [0.4, 0.5) is 0 Å². The molecule has 1 heterocycles. The zero-order chi connectivity index (χ0) is 9.10. The van der Waals surface area contributed by atoms with E-state index in [1.165, 1.54) is 12.8 Å². The van der Waals surface area contributed by atoms with Crippen LogP contribution in [0, 0.1) is 5.92 Å². The second-order valence-electron chi connectivity index (χ2n) is 4.14. The minimum absolute atomic E-state index is 0.370. The van der Waals surface area contributed by atoms with E-state index < -0.39 is 0 Å². The quantitative estimate of drug-likeness (QED) is 0.712. The SMILES string of the molecule is CC(NCC1CCOCO1)C1CC1. The van der Waals surface area contributed by atoms with Crippen molar-refractivity contribution in [3.05, 3.63) is 0 Å². The Hall–Kier alpha value is -0.120. The first kappa shape index (κ1) is 9.44. The Kier molecular flexibility index (Phi) is 3.19. The predicted molar refractivity (Wildman–Crippen MR) is 50.5 cm³/mol. The van der Waals surface area contributed by atoms with Crippen LogP contribution < -0.4 is 5.32 Å². The maximum atomic E-state index is 5.44. The van der Waals surface area contributed by atoms with Crippen molar-refractivity contribution in [1.29, 1.82) is 0 Å². The highest BCUT2D eigenvalue weighted by Crippen LogP contribution is 2.32. The third-order valence-electron chi connectivity index (χ3n) is 2.97. The van der Waals surface area contributed by atoms with Crippen LogP contribution in [0.2, 0.25) is 0 Å². The van der Waals surface area contributed by atoms with Crippen LogP contribution in [0.15, 0.2) is 0 Å². The zero-order valence-corrected chi connectivity index (χ0v) is 8.29. The third kappa shape index (κ3) is 2.93. The molecule has 1 saturated heterocycles. The van der Waals surface area contributed by atoms with Gasteiger partial charge in [-0.15, -0.1) is 0 Å². The molecule has 13 heavy (non-hydrogen) atoms. The minimum Gasteiger partial charge on any atom is -0.355 e. The molecular formula is C10H19NO2. The van der Waals surface area contributed by atoms with Crippen molar-refractivity contribution in [2.75, 3.05) is 19.9 Å². The summed E-state index contributed by atoms with van der Waals surface area (Å²) in [7, 11) is 0. The van der Waals surface area contributed by atoms with E-state index in [-0.39, 0.29) is 0 Å². The Morgan fingerprint density at radius 3 is 2.85 bits per heavy atom. The number of hydrogen-bond donors (Lipinski definition) is 1. The van der Waals surface area contributed by atoms with Crippen molar-refractivity contribution in [3.8, 4) is 0 Å². The molecule has 2 aliphatic rings. The van der Waals surface area contributed by atoms with Crippen molar-refractivity contribution in [2.45, 2.75) is 38.3 Å². The molecule has 0 aromatic rings. The first-order valence-corrected chi connectivity index (χ1v) is 5.29. The molecule has 0 bridgehead atoms. The van der Waals surface area contributed by atoms with Crippen LogP contribution in [0.25, 0.3) is 0 Å². The number of rotatable bonds is 4. The molecule has 2 unspecified atom stereocenters. The van der Waals surface area contributed by atoms with Crippen LogP contribution in [0.3, 0.4) is 0 Å². The second-order valence-corrected chi connectivity index (χ2v) is 4.14. The topological polar surface area (TPSA) is 30.5 Å². The lowest BCUT2D eigenvalue weighted by Gasteiger charge is -2.24. The van der Waals surface area contributed by atoms with Gasteiger partial charge in [0.05, 0.1) is 12.7 Å². The molecule has 0 radical (unpaired) electrons. The maximum Gasteiger partial charge on any atom is 0.147 e. The Labute approximate surface area is 79.8 Å². The van der Waals surface area contributed by atoms with Gasteiger partial charge in [-0.2, -0.15) is 0 Å². The molecule has 2 fully saturated rings. The highest BCUT2D eigenvalue weighted by atomic mass is 16.7. The van der Waals surface area contributed by atoms with E-state index in [0.29, 0.717) is 18.9 Å². The average Bonchev–Trinajstić information content (AvgIpc) is 2.99. The minimum atomic E-state index is 0.370. The van der Waals surface area contributed by atoms with Crippen molar-refractivity contribution < 1.29 is 9.47 Å². The molecule has 1 aliphatic heterocycles.